The molecule has 0 aliphatic heterocycles. The third-order valence-corrected chi connectivity index (χ3v) is 5.01. The molecule has 0 fully saturated rings. The Hall–Kier alpha value is -1.15. The van der Waals surface area contributed by atoms with E-state index in [1.165, 1.54) is 0 Å². The summed E-state index contributed by atoms with van der Waals surface area (Å²) in [6.45, 7) is 6.50. The second-order valence-electron chi connectivity index (χ2n) is 5.11. The molecule has 0 bridgehead atoms. The molecule has 1 aromatic heterocycles. The molecule has 0 saturated carbocycles. The molecule has 0 spiro atoms. The molecule has 2 aromatic rings. The van der Waals surface area contributed by atoms with Crippen LogP contribution >= 0.6 is 35.5 Å². The van der Waals surface area contributed by atoms with Gasteiger partial charge in [0.1, 0.15) is 5.01 Å². The average molecular weight is 373 g/mol. The van der Waals surface area contributed by atoms with Gasteiger partial charge in [0.15, 0.2) is 4.34 Å². The third-order valence-electron chi connectivity index (χ3n) is 3.13. The zero-order chi connectivity index (χ0) is 16.1. The number of aryl methyl sites for hydroxylation is 2. The number of halogens is 1. The predicted octanol–water partition coefficient (Wildman–Crippen LogP) is 3.52. The van der Waals surface area contributed by atoms with Gasteiger partial charge < -0.3 is 10.6 Å². The normalized spacial score (nSPS) is 11.7. The Morgan fingerprint density at radius 1 is 1.35 bits per heavy atom. The van der Waals surface area contributed by atoms with Gasteiger partial charge in [0, 0.05) is 23.0 Å². The summed E-state index contributed by atoms with van der Waals surface area (Å²) in [5.41, 5.74) is 1.89. The maximum Gasteiger partial charge on any atom is 0.228 e. The van der Waals surface area contributed by atoms with Crippen LogP contribution in [0.3, 0.4) is 0 Å². The van der Waals surface area contributed by atoms with Crippen LogP contribution in [0.4, 0.5) is 5.69 Å². The largest absolute Gasteiger partial charge is 0.326 e. The van der Waals surface area contributed by atoms with Gasteiger partial charge in [-0.3, -0.25) is 4.79 Å². The second-order valence-corrected chi connectivity index (χ2v) is 7.62. The first-order chi connectivity index (χ1) is 10.5. The van der Waals surface area contributed by atoms with Crippen molar-refractivity contribution >= 4 is 47.1 Å². The standard InChI is InChI=1S/C15H20N4OS2.ClH/c1-9-7-12(22-15-19-18-11(3)21-15)5-6-13(9)17-14(20)10(2)8-16-4;/h5-7,10,16H,8H2,1-4H3,(H,17,20);1H. The number of carbonyl (C=O) groups is 1. The Morgan fingerprint density at radius 2 is 2.09 bits per heavy atom. The lowest BCUT2D eigenvalue weighted by Crippen LogP contribution is -2.28. The van der Waals surface area contributed by atoms with Crippen LogP contribution in [0.1, 0.15) is 17.5 Å². The highest BCUT2D eigenvalue weighted by molar-refractivity contribution is 8.01. The molecule has 126 valence electrons. The summed E-state index contributed by atoms with van der Waals surface area (Å²) < 4.78 is 0.927. The van der Waals surface area contributed by atoms with E-state index in [0.29, 0.717) is 6.54 Å². The fourth-order valence-electron chi connectivity index (χ4n) is 1.92. The molecule has 0 aliphatic rings. The van der Waals surface area contributed by atoms with Crippen molar-refractivity contribution in [2.45, 2.75) is 30.0 Å². The second kappa shape index (κ2) is 9.22. The van der Waals surface area contributed by atoms with E-state index in [0.717, 1.165) is 25.5 Å². The number of hydrogen-bond donors (Lipinski definition) is 2. The highest BCUT2D eigenvalue weighted by atomic mass is 35.5. The summed E-state index contributed by atoms with van der Waals surface area (Å²) in [7, 11) is 1.84. The maximum atomic E-state index is 12.1. The number of nitrogens with zero attached hydrogens (tertiary/aromatic N) is 2. The van der Waals surface area contributed by atoms with E-state index in [-0.39, 0.29) is 24.2 Å². The van der Waals surface area contributed by atoms with E-state index >= 15 is 0 Å². The Morgan fingerprint density at radius 3 is 2.65 bits per heavy atom. The van der Waals surface area contributed by atoms with Gasteiger partial charge in [0.05, 0.1) is 0 Å². The first kappa shape index (κ1) is 19.9. The maximum absolute atomic E-state index is 12.1. The Kier molecular flexibility index (Phi) is 7.98. The van der Waals surface area contributed by atoms with Crippen molar-refractivity contribution in [3.8, 4) is 0 Å². The molecule has 0 saturated heterocycles. The molecule has 23 heavy (non-hydrogen) atoms. The van der Waals surface area contributed by atoms with Gasteiger partial charge in [0.25, 0.3) is 0 Å². The van der Waals surface area contributed by atoms with Crippen molar-refractivity contribution in [3.05, 3.63) is 28.8 Å². The van der Waals surface area contributed by atoms with Crippen molar-refractivity contribution in [3.63, 3.8) is 0 Å². The van der Waals surface area contributed by atoms with Crippen LogP contribution in [0.15, 0.2) is 27.4 Å². The summed E-state index contributed by atoms with van der Waals surface area (Å²) >= 11 is 3.16. The van der Waals surface area contributed by atoms with Crippen LogP contribution in [0.5, 0.6) is 0 Å². The Balaban J connectivity index is 0.00000264. The molecule has 8 heteroatoms. The third kappa shape index (κ3) is 5.76. The number of carbonyl (C=O) groups excluding carboxylic acids is 1. The van der Waals surface area contributed by atoms with Gasteiger partial charge in [0.2, 0.25) is 5.91 Å². The quantitative estimate of drug-likeness (QED) is 0.812. The molecule has 5 nitrogen and oxygen atoms in total. The van der Waals surface area contributed by atoms with Gasteiger partial charge in [-0.25, -0.2) is 0 Å². The van der Waals surface area contributed by atoms with Gasteiger partial charge in [-0.1, -0.05) is 30.0 Å². The minimum absolute atomic E-state index is 0. The van der Waals surface area contributed by atoms with Gasteiger partial charge in [-0.15, -0.1) is 22.6 Å². The van der Waals surface area contributed by atoms with E-state index in [9.17, 15) is 4.79 Å². The van der Waals surface area contributed by atoms with E-state index in [1.807, 2.05) is 40.0 Å². The lowest BCUT2D eigenvalue weighted by Gasteiger charge is -2.13. The lowest BCUT2D eigenvalue weighted by molar-refractivity contribution is -0.119. The molecular formula is C15H21ClN4OS2. The van der Waals surface area contributed by atoms with Crippen LogP contribution in [-0.4, -0.2) is 29.7 Å². The summed E-state index contributed by atoms with van der Waals surface area (Å²) in [5, 5.41) is 15.1. The number of amides is 1. The van der Waals surface area contributed by atoms with Crippen molar-refractivity contribution < 1.29 is 4.79 Å². The number of aromatic nitrogens is 2. The first-order valence-corrected chi connectivity index (χ1v) is 8.67. The van der Waals surface area contributed by atoms with Crippen LogP contribution in [-0.2, 0) is 4.79 Å². The average Bonchev–Trinajstić information content (AvgIpc) is 2.87. The van der Waals surface area contributed by atoms with Gasteiger partial charge in [-0.05, 0) is 44.7 Å². The van der Waals surface area contributed by atoms with E-state index < -0.39 is 0 Å². The number of rotatable bonds is 6. The van der Waals surface area contributed by atoms with Crippen LogP contribution < -0.4 is 10.6 Å². The molecule has 1 unspecified atom stereocenters. The molecule has 0 aliphatic carbocycles. The van der Waals surface area contributed by atoms with Crippen molar-refractivity contribution in [1.29, 1.82) is 0 Å². The van der Waals surface area contributed by atoms with Gasteiger partial charge >= 0.3 is 0 Å². The summed E-state index contributed by atoms with van der Waals surface area (Å²) in [4.78, 5) is 13.2. The van der Waals surface area contributed by atoms with Crippen LogP contribution in [0.25, 0.3) is 0 Å². The summed E-state index contributed by atoms with van der Waals surface area (Å²) in [6, 6.07) is 5.99. The highest BCUT2D eigenvalue weighted by Crippen LogP contribution is 2.32. The van der Waals surface area contributed by atoms with Crippen LogP contribution in [0, 0.1) is 19.8 Å². The minimum Gasteiger partial charge on any atom is -0.326 e. The smallest absolute Gasteiger partial charge is 0.228 e. The fourth-order valence-corrected chi connectivity index (χ4v) is 3.80. The summed E-state index contributed by atoms with van der Waals surface area (Å²) in [5.74, 6) is -0.0413. The molecule has 1 atom stereocenters. The highest BCUT2D eigenvalue weighted by Gasteiger charge is 2.13. The molecule has 1 aromatic carbocycles. The molecule has 2 rings (SSSR count). The fraction of sp³-hybridized carbons (Fsp3) is 0.400. The Labute approximate surface area is 151 Å². The van der Waals surface area contributed by atoms with Gasteiger partial charge in [-0.2, -0.15) is 0 Å². The molecule has 2 N–H and O–H groups in total. The van der Waals surface area contributed by atoms with E-state index in [1.54, 1.807) is 23.1 Å². The van der Waals surface area contributed by atoms with Crippen molar-refractivity contribution in [1.82, 2.24) is 15.5 Å². The zero-order valence-electron chi connectivity index (χ0n) is 13.5. The Bertz CT molecular complexity index is 663. The minimum atomic E-state index is -0.0668. The molecular weight excluding hydrogens is 352 g/mol. The van der Waals surface area contributed by atoms with Crippen molar-refractivity contribution in [2.75, 3.05) is 18.9 Å². The molecule has 0 radical (unpaired) electrons. The van der Waals surface area contributed by atoms with Crippen molar-refractivity contribution in [2.24, 2.45) is 5.92 Å². The van der Waals surface area contributed by atoms with E-state index in [4.69, 9.17) is 0 Å². The zero-order valence-corrected chi connectivity index (χ0v) is 16.0. The molecule has 1 heterocycles. The monoisotopic (exact) mass is 372 g/mol. The number of benzene rings is 1. The lowest BCUT2D eigenvalue weighted by atomic mass is 10.1. The number of hydrogen-bond acceptors (Lipinski definition) is 6. The topological polar surface area (TPSA) is 66.9 Å². The molecule has 1 amide bonds. The van der Waals surface area contributed by atoms with E-state index in [2.05, 4.69) is 26.9 Å². The number of anilines is 1. The SMILES string of the molecule is CNCC(C)C(=O)Nc1ccc(Sc2nnc(C)s2)cc1C.Cl. The summed E-state index contributed by atoms with van der Waals surface area (Å²) in [6.07, 6.45) is 0. The number of nitrogens with one attached hydrogen (secondary N) is 2. The van der Waals surface area contributed by atoms with Crippen LogP contribution in [0.2, 0.25) is 0 Å². The first-order valence-electron chi connectivity index (χ1n) is 7.03. The predicted molar refractivity (Wildman–Crippen MR) is 98.9 cm³/mol.